The van der Waals surface area contributed by atoms with E-state index in [0.29, 0.717) is 25.2 Å². The molecule has 0 spiro atoms. The topological polar surface area (TPSA) is 119 Å². The van der Waals surface area contributed by atoms with Crippen LogP contribution in [0.15, 0.2) is 104 Å². The zero-order valence-electron chi connectivity index (χ0n) is 24.9. The molecule has 0 aliphatic heterocycles. The van der Waals surface area contributed by atoms with E-state index in [4.69, 9.17) is 0 Å². The Hall–Kier alpha value is -4.92. The van der Waals surface area contributed by atoms with Crippen molar-refractivity contribution in [3.8, 4) is 0 Å². The van der Waals surface area contributed by atoms with E-state index in [-0.39, 0.29) is 23.7 Å². The van der Waals surface area contributed by atoms with E-state index in [1.807, 2.05) is 91.0 Å². The highest BCUT2D eigenvalue weighted by Crippen LogP contribution is 2.22. The fourth-order valence-electron chi connectivity index (χ4n) is 4.86. The minimum Gasteiger partial charge on any atom is -0.353 e. The van der Waals surface area contributed by atoms with E-state index in [1.165, 1.54) is 11.2 Å². The molecular weight excluding hydrogens is 540 g/mol. The minimum absolute atomic E-state index is 0.183. The lowest BCUT2D eigenvalue weighted by Crippen LogP contribution is -2.57. The van der Waals surface area contributed by atoms with Crippen LogP contribution in [-0.4, -0.2) is 58.4 Å². The van der Waals surface area contributed by atoms with Crippen LogP contribution >= 0.6 is 0 Å². The number of aromatic nitrogens is 2. The Kier molecular flexibility index (Phi) is 10.7. The zero-order chi connectivity index (χ0) is 30.7. The first-order chi connectivity index (χ1) is 20.7. The van der Waals surface area contributed by atoms with Crippen LogP contribution < -0.4 is 16.0 Å². The lowest BCUT2D eigenvalue weighted by Gasteiger charge is -2.32. The first kappa shape index (κ1) is 31.0. The maximum absolute atomic E-state index is 14.0. The SMILES string of the molecule is CN(C(=O)[C@H](Cc1cnc[nH]1)NC(=O)NCc1ccccc1)[C@@H](Cc1ccccc1)C(=O)NCC(C)(C)c1ccccc1. The summed E-state index contributed by atoms with van der Waals surface area (Å²) in [7, 11) is 1.61. The van der Waals surface area contributed by atoms with Crippen LogP contribution in [0.25, 0.3) is 0 Å². The van der Waals surface area contributed by atoms with Crippen LogP contribution in [0.2, 0.25) is 0 Å². The predicted molar refractivity (Wildman–Crippen MR) is 167 cm³/mol. The lowest BCUT2D eigenvalue weighted by molar-refractivity contribution is -0.140. The van der Waals surface area contributed by atoms with Gasteiger partial charge in [-0.2, -0.15) is 0 Å². The first-order valence-electron chi connectivity index (χ1n) is 14.4. The predicted octanol–water partition coefficient (Wildman–Crippen LogP) is 3.98. The largest absolute Gasteiger partial charge is 0.353 e. The zero-order valence-corrected chi connectivity index (χ0v) is 24.9. The summed E-state index contributed by atoms with van der Waals surface area (Å²) in [5.74, 6) is -0.652. The molecule has 0 radical (unpaired) electrons. The van der Waals surface area contributed by atoms with E-state index in [1.54, 1.807) is 13.2 Å². The van der Waals surface area contributed by atoms with Crippen molar-refractivity contribution in [3.05, 3.63) is 126 Å². The fraction of sp³-hybridized carbons (Fsp3) is 0.294. The molecule has 1 aromatic heterocycles. The standard InChI is InChI=1S/C34H40N6O3/c1-34(2,27-17-11-6-12-18-27)23-37-31(41)30(19-25-13-7-4-8-14-25)40(3)32(42)29(20-28-22-35-24-38-28)39-33(43)36-21-26-15-9-5-10-16-26/h4-18,22,24,29-30H,19-21,23H2,1-3H3,(H,35,38)(H,37,41)(H2,36,39,43)/t29-,30-/m0/s1. The van der Waals surface area contributed by atoms with Gasteiger partial charge in [-0.05, 0) is 16.7 Å². The summed E-state index contributed by atoms with van der Waals surface area (Å²) < 4.78 is 0. The minimum atomic E-state index is -0.937. The number of amides is 4. The Morgan fingerprint density at radius 3 is 2.05 bits per heavy atom. The number of hydrogen-bond donors (Lipinski definition) is 4. The number of nitrogens with zero attached hydrogens (tertiary/aromatic N) is 2. The number of urea groups is 1. The molecule has 2 atom stereocenters. The Balaban J connectivity index is 1.51. The quantitative estimate of drug-likeness (QED) is 0.191. The second kappa shape index (κ2) is 14.8. The van der Waals surface area contributed by atoms with Crippen molar-refractivity contribution in [1.29, 1.82) is 0 Å². The van der Waals surface area contributed by atoms with Gasteiger partial charge in [0.25, 0.3) is 0 Å². The molecule has 0 fully saturated rings. The monoisotopic (exact) mass is 580 g/mol. The van der Waals surface area contributed by atoms with Crippen LogP contribution in [0.4, 0.5) is 4.79 Å². The smallest absolute Gasteiger partial charge is 0.315 e. The molecule has 4 rings (SSSR count). The molecule has 9 heteroatoms. The molecule has 4 N–H and O–H groups in total. The molecule has 0 saturated heterocycles. The van der Waals surface area contributed by atoms with Crippen molar-refractivity contribution in [1.82, 2.24) is 30.8 Å². The normalized spacial score (nSPS) is 12.5. The van der Waals surface area contributed by atoms with E-state index in [0.717, 1.165) is 16.7 Å². The number of imidazole rings is 1. The molecule has 0 aliphatic carbocycles. The van der Waals surface area contributed by atoms with Crippen LogP contribution in [0.5, 0.6) is 0 Å². The molecule has 0 aliphatic rings. The highest BCUT2D eigenvalue weighted by Gasteiger charge is 2.33. The van der Waals surface area contributed by atoms with Crippen LogP contribution in [0.3, 0.4) is 0 Å². The molecule has 0 unspecified atom stereocenters. The molecule has 0 saturated carbocycles. The second-order valence-corrected chi connectivity index (χ2v) is 11.3. The second-order valence-electron chi connectivity index (χ2n) is 11.3. The van der Waals surface area contributed by atoms with E-state index in [9.17, 15) is 14.4 Å². The summed E-state index contributed by atoms with van der Waals surface area (Å²) >= 11 is 0. The van der Waals surface area contributed by atoms with Crippen molar-refractivity contribution >= 4 is 17.8 Å². The van der Waals surface area contributed by atoms with Crippen molar-refractivity contribution in [2.45, 2.75) is 50.7 Å². The summed E-state index contributed by atoms with van der Waals surface area (Å²) in [6.45, 7) is 4.84. The summed E-state index contributed by atoms with van der Waals surface area (Å²) in [5.41, 5.74) is 3.32. The average molecular weight is 581 g/mol. The number of carbonyl (C=O) groups is 3. The van der Waals surface area contributed by atoms with Crippen molar-refractivity contribution in [2.24, 2.45) is 0 Å². The van der Waals surface area contributed by atoms with E-state index in [2.05, 4.69) is 39.8 Å². The first-order valence-corrected chi connectivity index (χ1v) is 14.4. The number of hydrogen-bond acceptors (Lipinski definition) is 4. The number of H-pyrrole nitrogens is 1. The van der Waals surface area contributed by atoms with E-state index < -0.39 is 18.1 Å². The van der Waals surface area contributed by atoms with Gasteiger partial charge in [0.1, 0.15) is 12.1 Å². The molecule has 224 valence electrons. The Morgan fingerprint density at radius 2 is 1.44 bits per heavy atom. The van der Waals surface area contributed by atoms with Crippen molar-refractivity contribution in [2.75, 3.05) is 13.6 Å². The van der Waals surface area contributed by atoms with Gasteiger partial charge in [-0.3, -0.25) is 9.59 Å². The highest BCUT2D eigenvalue weighted by atomic mass is 16.2. The third-order valence-corrected chi connectivity index (χ3v) is 7.53. The van der Waals surface area contributed by atoms with E-state index >= 15 is 0 Å². The summed E-state index contributed by atoms with van der Waals surface area (Å²) in [5, 5.41) is 8.73. The Morgan fingerprint density at radius 1 is 0.837 bits per heavy atom. The molecule has 3 aromatic carbocycles. The number of aromatic amines is 1. The molecule has 4 aromatic rings. The summed E-state index contributed by atoms with van der Waals surface area (Å²) in [4.78, 5) is 49.2. The average Bonchev–Trinajstić information content (AvgIpc) is 3.55. The number of benzene rings is 3. The third-order valence-electron chi connectivity index (χ3n) is 7.53. The van der Waals surface area contributed by atoms with Crippen LogP contribution in [0.1, 0.15) is 36.2 Å². The number of nitrogens with one attached hydrogen (secondary N) is 4. The van der Waals surface area contributed by atoms with Gasteiger partial charge >= 0.3 is 6.03 Å². The van der Waals surface area contributed by atoms with Crippen LogP contribution in [-0.2, 0) is 34.4 Å². The molecule has 0 bridgehead atoms. The van der Waals surface area contributed by atoms with Crippen LogP contribution in [0, 0.1) is 0 Å². The molecular formula is C34H40N6O3. The van der Waals surface area contributed by atoms with Gasteiger partial charge in [-0.15, -0.1) is 0 Å². The lowest BCUT2D eigenvalue weighted by atomic mass is 9.84. The Labute approximate surface area is 253 Å². The summed E-state index contributed by atoms with van der Waals surface area (Å²) in [6.07, 6.45) is 3.64. The van der Waals surface area contributed by atoms with Gasteiger partial charge in [0.2, 0.25) is 11.8 Å². The number of rotatable bonds is 13. The number of carbonyl (C=O) groups excluding carboxylic acids is 3. The van der Waals surface area contributed by atoms with Gasteiger partial charge in [0.15, 0.2) is 0 Å². The van der Waals surface area contributed by atoms with Gasteiger partial charge in [0, 0.05) is 50.3 Å². The molecule has 9 nitrogen and oxygen atoms in total. The summed E-state index contributed by atoms with van der Waals surface area (Å²) in [6, 6.07) is 26.9. The van der Waals surface area contributed by atoms with Gasteiger partial charge in [0.05, 0.1) is 6.33 Å². The van der Waals surface area contributed by atoms with Gasteiger partial charge in [-0.25, -0.2) is 9.78 Å². The van der Waals surface area contributed by atoms with Crippen molar-refractivity contribution < 1.29 is 14.4 Å². The van der Waals surface area contributed by atoms with Gasteiger partial charge < -0.3 is 25.8 Å². The Bertz CT molecular complexity index is 1440. The fourth-order valence-corrected chi connectivity index (χ4v) is 4.86. The number of likely N-dealkylation sites (N-methyl/N-ethyl adjacent to an activating group) is 1. The van der Waals surface area contributed by atoms with Gasteiger partial charge in [-0.1, -0.05) is 105 Å². The molecule has 43 heavy (non-hydrogen) atoms. The maximum Gasteiger partial charge on any atom is 0.315 e. The van der Waals surface area contributed by atoms with Crippen molar-refractivity contribution in [3.63, 3.8) is 0 Å². The molecule has 4 amide bonds. The maximum atomic E-state index is 14.0. The highest BCUT2D eigenvalue weighted by molar-refractivity contribution is 5.92. The molecule has 1 heterocycles. The third kappa shape index (κ3) is 9.03.